The molecule has 0 spiro atoms. The van der Waals surface area contributed by atoms with Crippen LogP contribution in [0.15, 0.2) is 34.9 Å². The van der Waals surface area contributed by atoms with Crippen LogP contribution in [0.2, 0.25) is 0 Å². The summed E-state index contributed by atoms with van der Waals surface area (Å²) in [5.74, 6) is 0.458. The molecule has 23 heavy (non-hydrogen) atoms. The predicted octanol–water partition coefficient (Wildman–Crippen LogP) is 3.89. The first kappa shape index (κ1) is 16.6. The fraction of sp³-hybridized carbons (Fsp3) is 0.400. The summed E-state index contributed by atoms with van der Waals surface area (Å²) in [7, 11) is 0. The summed E-state index contributed by atoms with van der Waals surface area (Å²) < 4.78 is 0. The van der Waals surface area contributed by atoms with Crippen molar-refractivity contribution < 1.29 is 9.85 Å². The van der Waals surface area contributed by atoms with Crippen molar-refractivity contribution in [1.82, 2.24) is 0 Å². The molecule has 0 heterocycles. The molecule has 1 N–H and O–H groups in total. The van der Waals surface area contributed by atoms with Crippen LogP contribution in [-0.2, 0) is 0 Å². The Morgan fingerprint density at radius 2 is 2.00 bits per heavy atom. The second-order valence-electron chi connectivity index (χ2n) is 6.27. The number of nitrogens with one attached hydrogen (secondary N) is 1. The summed E-state index contributed by atoms with van der Waals surface area (Å²) in [5, 5.41) is 25.8. The average molecular weight is 318 g/mol. The normalized spacial score (nSPS) is 19.6. The molecule has 0 saturated heterocycles. The van der Waals surface area contributed by atoms with Gasteiger partial charge in [0.05, 0.1) is 22.1 Å². The van der Waals surface area contributed by atoms with Crippen molar-refractivity contribution >= 4 is 23.3 Å². The molecule has 0 unspecified atom stereocenters. The molecule has 2 rings (SSSR count). The molecule has 8 nitrogen and oxygen atoms in total. The van der Waals surface area contributed by atoms with Gasteiger partial charge in [-0.2, -0.15) is 5.10 Å². The fourth-order valence-electron chi connectivity index (χ4n) is 2.78. The molecular weight excluding hydrogens is 300 g/mol. The highest BCUT2D eigenvalue weighted by Crippen LogP contribution is 2.40. The lowest BCUT2D eigenvalue weighted by atomic mass is 9.85. The van der Waals surface area contributed by atoms with Gasteiger partial charge in [-0.15, -0.1) is 0 Å². The van der Waals surface area contributed by atoms with Crippen molar-refractivity contribution in [3.8, 4) is 0 Å². The van der Waals surface area contributed by atoms with Gasteiger partial charge in [-0.05, 0) is 29.4 Å². The van der Waals surface area contributed by atoms with Crippen LogP contribution in [0.25, 0.3) is 0 Å². The summed E-state index contributed by atoms with van der Waals surface area (Å²) in [6.07, 6.45) is 4.79. The lowest BCUT2D eigenvalue weighted by Crippen LogP contribution is -2.12. The van der Waals surface area contributed by atoms with Gasteiger partial charge in [0.15, 0.2) is 0 Å². The fourth-order valence-corrected chi connectivity index (χ4v) is 2.78. The summed E-state index contributed by atoms with van der Waals surface area (Å²) in [5.41, 5.74) is 3.06. The van der Waals surface area contributed by atoms with Gasteiger partial charge in [-0.1, -0.05) is 26.8 Å². The minimum Gasteiger partial charge on any atom is -0.272 e. The Kier molecular flexibility index (Phi) is 4.44. The van der Waals surface area contributed by atoms with Crippen molar-refractivity contribution in [1.29, 1.82) is 0 Å². The van der Waals surface area contributed by atoms with Gasteiger partial charge in [0.25, 0.3) is 5.69 Å². The van der Waals surface area contributed by atoms with E-state index in [0.717, 1.165) is 18.1 Å². The first-order valence-electron chi connectivity index (χ1n) is 7.15. The van der Waals surface area contributed by atoms with E-state index < -0.39 is 9.85 Å². The van der Waals surface area contributed by atoms with E-state index in [0.29, 0.717) is 5.92 Å². The number of nitro benzene ring substituents is 2. The maximum absolute atomic E-state index is 11.0. The standard InChI is InChI=1S/C15H18N4O4/c1-10-6-11(15(2,3)8-10)9-16-17-13-5-4-12(18(20)21)7-14(13)19(22)23/h4-7,9-10,17H,8H2,1-3H3/t10-/m1/s1. The van der Waals surface area contributed by atoms with E-state index in [2.05, 4.69) is 37.4 Å². The van der Waals surface area contributed by atoms with Crippen LogP contribution in [0.1, 0.15) is 27.2 Å². The Hall–Kier alpha value is -2.77. The molecule has 0 saturated carbocycles. The van der Waals surface area contributed by atoms with Crippen molar-refractivity contribution in [3.05, 3.63) is 50.1 Å². The highest BCUT2D eigenvalue weighted by atomic mass is 16.6. The number of nitro groups is 2. The number of hydrogen-bond donors (Lipinski definition) is 1. The van der Waals surface area contributed by atoms with Crippen LogP contribution in [0.4, 0.5) is 17.1 Å². The van der Waals surface area contributed by atoms with E-state index in [4.69, 9.17) is 0 Å². The number of benzene rings is 1. The molecule has 0 aliphatic heterocycles. The first-order valence-corrected chi connectivity index (χ1v) is 7.15. The third-order valence-electron chi connectivity index (χ3n) is 3.86. The van der Waals surface area contributed by atoms with Gasteiger partial charge in [0.2, 0.25) is 0 Å². The molecule has 8 heteroatoms. The molecule has 0 bridgehead atoms. The SMILES string of the molecule is C[C@@H]1C=C(C=NNc2ccc([N+](=O)[O-])cc2[N+](=O)[O-])C(C)(C)C1. The predicted molar refractivity (Wildman–Crippen MR) is 87.5 cm³/mol. The zero-order valence-electron chi connectivity index (χ0n) is 13.1. The molecule has 0 amide bonds. The van der Waals surface area contributed by atoms with Crippen molar-refractivity contribution in [3.63, 3.8) is 0 Å². The number of hydrazone groups is 1. The van der Waals surface area contributed by atoms with Gasteiger partial charge in [-0.3, -0.25) is 25.7 Å². The molecule has 1 aliphatic rings. The lowest BCUT2D eigenvalue weighted by Gasteiger charge is -2.20. The van der Waals surface area contributed by atoms with Crippen LogP contribution in [0.3, 0.4) is 0 Å². The smallest absolute Gasteiger partial charge is 0.272 e. The molecule has 0 aromatic heterocycles. The summed E-state index contributed by atoms with van der Waals surface area (Å²) in [4.78, 5) is 20.4. The van der Waals surface area contributed by atoms with Gasteiger partial charge < -0.3 is 0 Å². The van der Waals surface area contributed by atoms with Crippen LogP contribution < -0.4 is 5.43 Å². The minimum atomic E-state index is -0.675. The average Bonchev–Trinajstić information content (AvgIpc) is 2.71. The Bertz CT molecular complexity index is 709. The topological polar surface area (TPSA) is 111 Å². The molecule has 0 fully saturated rings. The molecular formula is C15H18N4O4. The third-order valence-corrected chi connectivity index (χ3v) is 3.86. The largest absolute Gasteiger partial charge is 0.301 e. The van der Waals surface area contributed by atoms with E-state index in [1.165, 1.54) is 12.1 Å². The van der Waals surface area contributed by atoms with Crippen LogP contribution in [0, 0.1) is 31.6 Å². The number of non-ortho nitro benzene ring substituents is 1. The van der Waals surface area contributed by atoms with Gasteiger partial charge in [-0.25, -0.2) is 0 Å². The van der Waals surface area contributed by atoms with Crippen LogP contribution in [0.5, 0.6) is 0 Å². The van der Waals surface area contributed by atoms with Gasteiger partial charge >= 0.3 is 5.69 Å². The molecule has 1 atom stereocenters. The highest BCUT2D eigenvalue weighted by molar-refractivity contribution is 5.82. The zero-order valence-corrected chi connectivity index (χ0v) is 13.1. The quantitative estimate of drug-likeness (QED) is 0.503. The maximum Gasteiger partial charge on any atom is 0.301 e. The Morgan fingerprint density at radius 3 is 2.52 bits per heavy atom. The summed E-state index contributed by atoms with van der Waals surface area (Å²) in [6.45, 7) is 6.35. The van der Waals surface area contributed by atoms with E-state index in [-0.39, 0.29) is 22.5 Å². The van der Waals surface area contributed by atoms with Crippen molar-refractivity contribution in [2.75, 3.05) is 5.43 Å². The Morgan fingerprint density at radius 1 is 1.30 bits per heavy atom. The molecule has 1 aromatic carbocycles. The molecule has 1 aliphatic carbocycles. The van der Waals surface area contributed by atoms with Crippen LogP contribution >= 0.6 is 0 Å². The van der Waals surface area contributed by atoms with Crippen molar-refractivity contribution in [2.24, 2.45) is 16.4 Å². The van der Waals surface area contributed by atoms with Gasteiger partial charge in [0.1, 0.15) is 5.69 Å². The zero-order chi connectivity index (χ0) is 17.2. The Labute approximate surface area is 133 Å². The Balaban J connectivity index is 2.21. The summed E-state index contributed by atoms with van der Waals surface area (Å²) in [6, 6.07) is 3.40. The number of nitrogens with zero attached hydrogens (tertiary/aromatic N) is 3. The minimum absolute atomic E-state index is 0.00596. The molecule has 1 aromatic rings. The van der Waals surface area contributed by atoms with E-state index in [1.54, 1.807) is 6.21 Å². The van der Waals surface area contributed by atoms with Gasteiger partial charge in [0, 0.05) is 6.07 Å². The number of allylic oxidation sites excluding steroid dienone is 2. The monoisotopic (exact) mass is 318 g/mol. The number of hydrogen-bond acceptors (Lipinski definition) is 6. The highest BCUT2D eigenvalue weighted by Gasteiger charge is 2.30. The second-order valence-corrected chi connectivity index (χ2v) is 6.27. The second kappa shape index (κ2) is 6.15. The maximum atomic E-state index is 11.0. The lowest BCUT2D eigenvalue weighted by molar-refractivity contribution is -0.393. The third kappa shape index (κ3) is 3.71. The van der Waals surface area contributed by atoms with Crippen molar-refractivity contribution in [2.45, 2.75) is 27.2 Å². The van der Waals surface area contributed by atoms with E-state index in [1.807, 2.05) is 0 Å². The summed E-state index contributed by atoms with van der Waals surface area (Å²) >= 11 is 0. The van der Waals surface area contributed by atoms with Crippen LogP contribution in [-0.4, -0.2) is 16.1 Å². The first-order chi connectivity index (χ1) is 10.7. The van der Waals surface area contributed by atoms with E-state index >= 15 is 0 Å². The molecule has 0 radical (unpaired) electrons. The van der Waals surface area contributed by atoms with E-state index in [9.17, 15) is 20.2 Å². The number of rotatable bonds is 5. The number of anilines is 1. The molecule has 122 valence electrons.